The monoisotopic (exact) mass is 388 g/mol. The summed E-state index contributed by atoms with van der Waals surface area (Å²) in [6.45, 7) is 1.64. The van der Waals surface area contributed by atoms with Gasteiger partial charge >= 0.3 is 0 Å². The molecule has 2 heterocycles. The van der Waals surface area contributed by atoms with Crippen LogP contribution in [0.2, 0.25) is 0 Å². The molecule has 8 heteroatoms. The van der Waals surface area contributed by atoms with Crippen LogP contribution in [0.3, 0.4) is 0 Å². The summed E-state index contributed by atoms with van der Waals surface area (Å²) < 4.78 is 11.3. The molecule has 0 unspecified atom stereocenters. The highest BCUT2D eigenvalue weighted by atomic mass is 79.9. The van der Waals surface area contributed by atoms with Gasteiger partial charge in [0.25, 0.3) is 5.56 Å². The van der Waals surface area contributed by atoms with Gasteiger partial charge in [-0.05, 0) is 40.5 Å². The van der Waals surface area contributed by atoms with Gasteiger partial charge in [-0.25, -0.2) is 0 Å². The quantitative estimate of drug-likeness (QED) is 0.813. The number of aromatic amines is 1. The number of fused-ring (bicyclic) bond motifs is 1. The maximum Gasteiger partial charge on any atom is 0.258 e. The number of ether oxygens (including phenoxy) is 2. The number of benzene rings is 1. The van der Waals surface area contributed by atoms with E-state index in [-0.39, 0.29) is 28.5 Å². The maximum atomic E-state index is 12.5. The highest BCUT2D eigenvalue weighted by Crippen LogP contribution is 2.40. The van der Waals surface area contributed by atoms with Crippen LogP contribution < -0.4 is 20.8 Å². The number of rotatable bonds is 2. The molecule has 1 aliphatic heterocycles. The van der Waals surface area contributed by atoms with Crippen LogP contribution in [0.4, 0.5) is 0 Å². The smallest absolute Gasteiger partial charge is 0.258 e. The number of hydrogen-bond acceptors (Lipinski definition) is 6. The Hall–Kier alpha value is -2.79. The number of nitrogens with zero attached hydrogens (tertiary/aromatic N) is 2. The first-order valence-electron chi connectivity index (χ1n) is 6.98. The molecule has 3 N–H and O–H groups in total. The summed E-state index contributed by atoms with van der Waals surface area (Å²) in [5, 5.41) is 9.50. The van der Waals surface area contributed by atoms with Gasteiger partial charge in [0.2, 0.25) is 11.8 Å². The van der Waals surface area contributed by atoms with Gasteiger partial charge in [0, 0.05) is 0 Å². The molecule has 1 aromatic carbocycles. The summed E-state index contributed by atoms with van der Waals surface area (Å²) in [6.07, 6.45) is 0. The highest BCUT2D eigenvalue weighted by molar-refractivity contribution is 9.10. The fraction of sp³-hybridized carbons (Fsp3) is 0.188. The number of nitrogens with one attached hydrogen (secondary N) is 1. The molecule has 2 aromatic rings. The number of methoxy groups -OCH3 is 1. The van der Waals surface area contributed by atoms with Gasteiger partial charge in [-0.15, -0.1) is 0 Å². The minimum atomic E-state index is -0.669. The number of H-pyrrole nitrogens is 1. The normalized spacial score (nSPS) is 16.2. The van der Waals surface area contributed by atoms with Gasteiger partial charge < -0.3 is 20.2 Å². The SMILES string of the molecule is COc1ccc([C@H]2C(C#N)=C(N)Oc3nc(C)[nH]c(=O)c32)cc1Br. The topological polar surface area (TPSA) is 114 Å². The average Bonchev–Trinajstić information content (AvgIpc) is 2.53. The minimum absolute atomic E-state index is 0.0561. The first-order chi connectivity index (χ1) is 11.5. The molecule has 0 aliphatic carbocycles. The lowest BCUT2D eigenvalue weighted by molar-refractivity contribution is 0.373. The molecule has 24 heavy (non-hydrogen) atoms. The molecule has 0 saturated carbocycles. The van der Waals surface area contributed by atoms with Gasteiger partial charge in [0.05, 0.1) is 23.1 Å². The summed E-state index contributed by atoms with van der Waals surface area (Å²) in [4.78, 5) is 19.3. The molecule has 0 spiro atoms. The van der Waals surface area contributed by atoms with E-state index in [1.165, 1.54) is 0 Å². The number of nitriles is 1. The largest absolute Gasteiger partial charge is 0.496 e. The third-order valence-electron chi connectivity index (χ3n) is 3.72. The van der Waals surface area contributed by atoms with Crippen molar-refractivity contribution in [3.8, 4) is 17.7 Å². The fourth-order valence-corrected chi connectivity index (χ4v) is 3.22. The van der Waals surface area contributed by atoms with Crippen molar-refractivity contribution in [3.63, 3.8) is 0 Å². The molecular weight excluding hydrogens is 376 g/mol. The molecule has 122 valence electrons. The van der Waals surface area contributed by atoms with Crippen LogP contribution in [-0.2, 0) is 0 Å². The Balaban J connectivity index is 2.28. The number of hydrogen-bond donors (Lipinski definition) is 2. The second kappa shape index (κ2) is 6.02. The van der Waals surface area contributed by atoms with Crippen LogP contribution in [0, 0.1) is 18.3 Å². The summed E-state index contributed by atoms with van der Waals surface area (Å²) in [7, 11) is 1.56. The van der Waals surface area contributed by atoms with E-state index in [0.29, 0.717) is 21.6 Å². The zero-order valence-corrected chi connectivity index (χ0v) is 14.5. The molecule has 0 radical (unpaired) electrons. The standard InChI is InChI=1S/C16H13BrN4O3/c1-7-20-15(22)13-12(8-3-4-11(23-2)10(17)5-8)9(6-18)14(19)24-16(13)21-7/h3-5,12H,19H2,1-2H3,(H,20,21,22)/t12-/m0/s1. The van der Waals surface area contributed by atoms with Crippen molar-refractivity contribution >= 4 is 15.9 Å². The van der Waals surface area contributed by atoms with Crippen molar-refractivity contribution in [1.82, 2.24) is 9.97 Å². The Labute approximate surface area is 145 Å². The zero-order valence-electron chi connectivity index (χ0n) is 12.9. The van der Waals surface area contributed by atoms with Crippen molar-refractivity contribution in [2.45, 2.75) is 12.8 Å². The van der Waals surface area contributed by atoms with Crippen LogP contribution in [-0.4, -0.2) is 17.1 Å². The number of nitrogens with two attached hydrogens (primary N) is 1. The van der Waals surface area contributed by atoms with Crippen LogP contribution >= 0.6 is 15.9 Å². The molecule has 1 atom stereocenters. The number of halogens is 1. The van der Waals surface area contributed by atoms with Crippen molar-refractivity contribution in [3.05, 3.63) is 61.4 Å². The average molecular weight is 389 g/mol. The molecule has 3 rings (SSSR count). The minimum Gasteiger partial charge on any atom is -0.496 e. The number of aryl methyl sites for hydroxylation is 1. The summed E-state index contributed by atoms with van der Waals surface area (Å²) in [5.41, 5.74) is 6.62. The van der Waals surface area contributed by atoms with Crippen LogP contribution in [0.5, 0.6) is 11.6 Å². The van der Waals surface area contributed by atoms with Crippen molar-refractivity contribution in [2.75, 3.05) is 7.11 Å². The Morgan fingerprint density at radius 3 is 2.88 bits per heavy atom. The predicted octanol–water partition coefficient (Wildman–Crippen LogP) is 2.07. The van der Waals surface area contributed by atoms with Crippen molar-refractivity contribution in [2.24, 2.45) is 5.73 Å². The van der Waals surface area contributed by atoms with Gasteiger partial charge in [-0.2, -0.15) is 10.2 Å². The predicted molar refractivity (Wildman–Crippen MR) is 89.6 cm³/mol. The van der Waals surface area contributed by atoms with E-state index in [1.807, 2.05) is 6.07 Å². The summed E-state index contributed by atoms with van der Waals surface area (Å²) in [5.74, 6) is 0.431. The Morgan fingerprint density at radius 1 is 1.50 bits per heavy atom. The molecule has 0 bridgehead atoms. The molecule has 7 nitrogen and oxygen atoms in total. The lowest BCUT2D eigenvalue weighted by atomic mass is 9.85. The Kier molecular flexibility index (Phi) is 4.03. The molecule has 0 saturated heterocycles. The Morgan fingerprint density at radius 2 is 2.25 bits per heavy atom. The van der Waals surface area contributed by atoms with Crippen molar-refractivity contribution in [1.29, 1.82) is 5.26 Å². The van der Waals surface area contributed by atoms with Gasteiger partial charge in [0.1, 0.15) is 23.2 Å². The van der Waals surface area contributed by atoms with Crippen LogP contribution in [0.25, 0.3) is 0 Å². The highest BCUT2D eigenvalue weighted by Gasteiger charge is 2.34. The maximum absolute atomic E-state index is 12.5. The second-order valence-electron chi connectivity index (χ2n) is 5.19. The molecule has 1 aromatic heterocycles. The fourth-order valence-electron chi connectivity index (χ4n) is 2.66. The second-order valence-corrected chi connectivity index (χ2v) is 6.04. The molecule has 0 amide bonds. The lowest BCUT2D eigenvalue weighted by Gasteiger charge is -2.25. The van der Waals surface area contributed by atoms with E-state index in [9.17, 15) is 10.1 Å². The zero-order chi connectivity index (χ0) is 17.4. The third-order valence-corrected chi connectivity index (χ3v) is 4.34. The molecular formula is C16H13BrN4O3. The molecule has 0 fully saturated rings. The first kappa shape index (κ1) is 16.1. The van der Waals surface area contributed by atoms with Crippen LogP contribution in [0.15, 0.2) is 38.9 Å². The summed E-state index contributed by atoms with van der Waals surface area (Å²) >= 11 is 3.41. The lowest BCUT2D eigenvalue weighted by Crippen LogP contribution is -2.29. The first-order valence-corrected chi connectivity index (χ1v) is 7.77. The van der Waals surface area contributed by atoms with Crippen molar-refractivity contribution < 1.29 is 9.47 Å². The van der Waals surface area contributed by atoms with Gasteiger partial charge in [-0.1, -0.05) is 6.07 Å². The Bertz CT molecular complexity index is 959. The van der Waals surface area contributed by atoms with E-state index in [4.69, 9.17) is 15.2 Å². The molecule has 1 aliphatic rings. The number of aromatic nitrogens is 2. The van der Waals surface area contributed by atoms with Gasteiger partial charge in [0.15, 0.2) is 0 Å². The van der Waals surface area contributed by atoms with E-state index in [0.717, 1.165) is 0 Å². The van der Waals surface area contributed by atoms with E-state index in [2.05, 4.69) is 25.9 Å². The van der Waals surface area contributed by atoms with E-state index in [1.54, 1.807) is 32.2 Å². The van der Waals surface area contributed by atoms with E-state index >= 15 is 0 Å². The number of allylic oxidation sites excluding steroid dienone is 1. The third kappa shape index (κ3) is 2.53. The van der Waals surface area contributed by atoms with E-state index < -0.39 is 5.92 Å². The summed E-state index contributed by atoms with van der Waals surface area (Å²) in [6, 6.07) is 7.33. The van der Waals surface area contributed by atoms with Crippen LogP contribution in [0.1, 0.15) is 22.9 Å². The van der Waals surface area contributed by atoms with Gasteiger partial charge in [-0.3, -0.25) is 4.79 Å².